The largest absolute Gasteiger partial charge is 0.389 e. The zero-order chi connectivity index (χ0) is 13.5. The van der Waals surface area contributed by atoms with Crippen molar-refractivity contribution in [3.05, 3.63) is 21.9 Å². The molecule has 0 saturated carbocycles. The van der Waals surface area contributed by atoms with Gasteiger partial charge in [0.1, 0.15) is 0 Å². The van der Waals surface area contributed by atoms with E-state index >= 15 is 0 Å². The van der Waals surface area contributed by atoms with E-state index in [1.807, 2.05) is 23.4 Å². The van der Waals surface area contributed by atoms with Crippen molar-refractivity contribution in [2.24, 2.45) is 5.84 Å². The third-order valence-corrected chi connectivity index (χ3v) is 3.36. The number of ether oxygens (including phenoxy) is 1. The molecule has 102 valence electrons. The van der Waals surface area contributed by atoms with E-state index < -0.39 is 6.10 Å². The first-order chi connectivity index (χ1) is 8.58. The minimum absolute atomic E-state index is 0.286. The molecule has 1 amide bonds. The van der Waals surface area contributed by atoms with Crippen LogP contribution in [0.15, 0.2) is 11.4 Å². The summed E-state index contributed by atoms with van der Waals surface area (Å²) < 4.78 is 4.86. The molecule has 0 saturated heterocycles. The minimum atomic E-state index is -0.537. The number of nitrogens with zero attached hydrogens (tertiary/aromatic N) is 1. The molecule has 1 rings (SSSR count). The predicted molar refractivity (Wildman–Crippen MR) is 70.2 cm³/mol. The number of aliphatic hydroxyl groups excluding tert-OH is 1. The molecule has 0 spiro atoms. The van der Waals surface area contributed by atoms with Crippen molar-refractivity contribution in [1.82, 2.24) is 10.3 Å². The highest BCUT2D eigenvalue weighted by Gasteiger charge is 2.15. The molecule has 0 aliphatic carbocycles. The molecule has 4 N–H and O–H groups in total. The van der Waals surface area contributed by atoms with E-state index in [1.165, 1.54) is 11.3 Å². The zero-order valence-corrected chi connectivity index (χ0v) is 11.4. The molecule has 1 heterocycles. The van der Waals surface area contributed by atoms with Crippen LogP contribution < -0.4 is 11.3 Å². The lowest BCUT2D eigenvalue weighted by molar-refractivity contribution is 0.0418. The third kappa shape index (κ3) is 4.35. The molecule has 1 aromatic rings. The van der Waals surface area contributed by atoms with Crippen LogP contribution in [0.25, 0.3) is 0 Å². The number of rotatable bonds is 7. The number of nitrogen functional groups attached to an aromatic ring is 1. The van der Waals surface area contributed by atoms with E-state index in [-0.39, 0.29) is 5.91 Å². The Kier molecular flexibility index (Phi) is 6.23. The van der Waals surface area contributed by atoms with Crippen LogP contribution in [0.2, 0.25) is 0 Å². The number of carbonyl (C=O) groups is 1. The summed E-state index contributed by atoms with van der Waals surface area (Å²) in [6.45, 7) is 1.35. The topological polar surface area (TPSA) is 87.8 Å². The Morgan fingerprint density at radius 2 is 2.44 bits per heavy atom. The lowest BCUT2D eigenvalue weighted by Gasteiger charge is -2.20. The number of hydrogen-bond acceptors (Lipinski definition) is 6. The van der Waals surface area contributed by atoms with E-state index in [0.29, 0.717) is 24.6 Å². The molecule has 0 aromatic carbocycles. The maximum absolute atomic E-state index is 11.5. The van der Waals surface area contributed by atoms with Crippen LogP contribution in [0.3, 0.4) is 0 Å². The number of amides is 1. The van der Waals surface area contributed by atoms with Crippen LogP contribution in [-0.4, -0.2) is 49.3 Å². The molecule has 0 radical (unpaired) electrons. The highest BCUT2D eigenvalue weighted by molar-refractivity contribution is 7.12. The number of likely N-dealkylation sites (N-methyl/N-ethyl adjacent to an activating group) is 1. The Morgan fingerprint density at radius 1 is 1.72 bits per heavy atom. The van der Waals surface area contributed by atoms with Gasteiger partial charge in [-0.15, -0.1) is 11.3 Å². The Morgan fingerprint density at radius 3 is 3.06 bits per heavy atom. The Bertz CT molecular complexity index is 383. The summed E-state index contributed by atoms with van der Waals surface area (Å²) in [6.07, 6.45) is -0.537. The van der Waals surface area contributed by atoms with Crippen LogP contribution in [-0.2, 0) is 11.3 Å². The van der Waals surface area contributed by atoms with Crippen molar-refractivity contribution in [2.45, 2.75) is 12.6 Å². The highest BCUT2D eigenvalue weighted by atomic mass is 32.1. The highest BCUT2D eigenvalue weighted by Crippen LogP contribution is 2.18. The number of nitrogens with two attached hydrogens (primary N) is 1. The lowest BCUT2D eigenvalue weighted by atomic mass is 10.2. The number of carbonyl (C=O) groups excluding carboxylic acids is 1. The number of nitrogens with one attached hydrogen (secondary N) is 1. The molecule has 6 nitrogen and oxygen atoms in total. The molecule has 1 aromatic heterocycles. The second kappa shape index (κ2) is 7.45. The predicted octanol–water partition coefficient (Wildman–Crippen LogP) is -0.209. The fourth-order valence-electron chi connectivity index (χ4n) is 1.69. The van der Waals surface area contributed by atoms with Gasteiger partial charge in [0, 0.05) is 20.2 Å². The molecular weight excluding hydrogens is 254 g/mol. The summed E-state index contributed by atoms with van der Waals surface area (Å²) in [7, 11) is 3.42. The van der Waals surface area contributed by atoms with E-state index in [4.69, 9.17) is 10.6 Å². The summed E-state index contributed by atoms with van der Waals surface area (Å²) in [4.78, 5) is 14.0. The fraction of sp³-hybridized carbons (Fsp3) is 0.545. The second-order valence-corrected chi connectivity index (χ2v) is 4.97. The van der Waals surface area contributed by atoms with Gasteiger partial charge in [-0.1, -0.05) is 0 Å². The van der Waals surface area contributed by atoms with Gasteiger partial charge in [0.05, 0.1) is 17.6 Å². The molecule has 18 heavy (non-hydrogen) atoms. The SMILES string of the molecule is COCC(O)CN(C)Cc1ccsc1C(=O)NN. The molecule has 1 unspecified atom stereocenters. The standard InChI is InChI=1S/C11H19N3O3S/c1-14(6-9(15)7-17-2)5-8-3-4-18-10(8)11(16)13-12/h3-4,9,15H,5-7,12H2,1-2H3,(H,13,16). The first-order valence-electron chi connectivity index (χ1n) is 5.51. The van der Waals surface area contributed by atoms with Gasteiger partial charge in [0.2, 0.25) is 0 Å². The molecule has 0 fully saturated rings. The molecule has 0 aliphatic heterocycles. The van der Waals surface area contributed by atoms with Crippen molar-refractivity contribution >= 4 is 17.2 Å². The van der Waals surface area contributed by atoms with Crippen LogP contribution >= 0.6 is 11.3 Å². The Balaban J connectivity index is 2.56. The third-order valence-electron chi connectivity index (χ3n) is 2.41. The van der Waals surface area contributed by atoms with Gasteiger partial charge < -0.3 is 9.84 Å². The summed E-state index contributed by atoms with van der Waals surface area (Å²) >= 11 is 1.35. The smallest absolute Gasteiger partial charge is 0.275 e. The first-order valence-corrected chi connectivity index (χ1v) is 6.39. The van der Waals surface area contributed by atoms with Gasteiger partial charge >= 0.3 is 0 Å². The van der Waals surface area contributed by atoms with E-state index in [0.717, 1.165) is 5.56 Å². The number of hydrogen-bond donors (Lipinski definition) is 3. The van der Waals surface area contributed by atoms with Gasteiger partial charge in [0.15, 0.2) is 0 Å². The van der Waals surface area contributed by atoms with Crippen LogP contribution in [0.4, 0.5) is 0 Å². The normalized spacial score (nSPS) is 12.7. The number of hydrazine groups is 1. The van der Waals surface area contributed by atoms with E-state index in [2.05, 4.69) is 5.43 Å². The zero-order valence-electron chi connectivity index (χ0n) is 10.5. The van der Waals surface area contributed by atoms with Gasteiger partial charge in [0.25, 0.3) is 5.91 Å². The summed E-state index contributed by atoms with van der Waals surface area (Å²) in [5, 5.41) is 11.5. The Labute approximate surface area is 110 Å². The van der Waals surface area contributed by atoms with Gasteiger partial charge in [-0.2, -0.15) is 0 Å². The monoisotopic (exact) mass is 273 g/mol. The average molecular weight is 273 g/mol. The molecule has 0 aliphatic rings. The van der Waals surface area contributed by atoms with Gasteiger partial charge in [-0.3, -0.25) is 15.1 Å². The van der Waals surface area contributed by atoms with Crippen molar-refractivity contribution in [1.29, 1.82) is 0 Å². The molecule has 1 atom stereocenters. The van der Waals surface area contributed by atoms with Crippen molar-refractivity contribution in [2.75, 3.05) is 27.3 Å². The lowest BCUT2D eigenvalue weighted by Crippen LogP contribution is -2.33. The minimum Gasteiger partial charge on any atom is -0.389 e. The maximum Gasteiger partial charge on any atom is 0.275 e. The number of aliphatic hydroxyl groups is 1. The summed E-state index contributed by atoms with van der Waals surface area (Å²) in [6, 6.07) is 1.88. The van der Waals surface area contributed by atoms with Crippen LogP contribution in [0.1, 0.15) is 15.2 Å². The van der Waals surface area contributed by atoms with Gasteiger partial charge in [-0.05, 0) is 24.1 Å². The number of thiophene rings is 1. The Hall–Kier alpha value is -0.990. The summed E-state index contributed by atoms with van der Waals surface area (Å²) in [5.41, 5.74) is 3.02. The first kappa shape index (κ1) is 15.1. The average Bonchev–Trinajstić information content (AvgIpc) is 2.76. The summed E-state index contributed by atoms with van der Waals surface area (Å²) in [5.74, 6) is 4.83. The molecule has 7 heteroatoms. The van der Waals surface area contributed by atoms with Crippen molar-refractivity contribution in [3.8, 4) is 0 Å². The van der Waals surface area contributed by atoms with E-state index in [1.54, 1.807) is 7.11 Å². The quantitative estimate of drug-likeness (QED) is 0.363. The maximum atomic E-state index is 11.5. The van der Waals surface area contributed by atoms with Crippen LogP contribution in [0.5, 0.6) is 0 Å². The second-order valence-electron chi connectivity index (χ2n) is 4.05. The fourth-order valence-corrected chi connectivity index (χ4v) is 2.50. The molecule has 0 bridgehead atoms. The van der Waals surface area contributed by atoms with Gasteiger partial charge in [-0.25, -0.2) is 5.84 Å². The van der Waals surface area contributed by atoms with Crippen LogP contribution in [0, 0.1) is 0 Å². The number of methoxy groups -OCH3 is 1. The molecular formula is C11H19N3O3S. The van der Waals surface area contributed by atoms with Crippen molar-refractivity contribution < 1.29 is 14.6 Å². The van der Waals surface area contributed by atoms with E-state index in [9.17, 15) is 9.90 Å². The van der Waals surface area contributed by atoms with Crippen molar-refractivity contribution in [3.63, 3.8) is 0 Å².